The molecule has 1 aromatic heterocycles. The molecule has 18 heavy (non-hydrogen) atoms. The van der Waals surface area contributed by atoms with Gasteiger partial charge in [-0.25, -0.2) is 4.98 Å². The van der Waals surface area contributed by atoms with Crippen LogP contribution in [-0.2, 0) is 4.79 Å². The Balaban J connectivity index is 2.36. The van der Waals surface area contributed by atoms with Gasteiger partial charge in [-0.3, -0.25) is 4.79 Å². The number of amides is 1. The smallest absolute Gasteiger partial charge is 0.219 e. The van der Waals surface area contributed by atoms with Crippen molar-refractivity contribution in [3.05, 3.63) is 23.9 Å². The van der Waals surface area contributed by atoms with Gasteiger partial charge in [0.25, 0.3) is 0 Å². The van der Waals surface area contributed by atoms with E-state index in [1.807, 2.05) is 30.0 Å². The van der Waals surface area contributed by atoms with Crippen molar-refractivity contribution in [1.82, 2.24) is 9.88 Å². The monoisotopic (exact) mass is 247 g/mol. The Morgan fingerprint density at radius 3 is 2.89 bits per heavy atom. The van der Waals surface area contributed by atoms with E-state index < -0.39 is 0 Å². The number of hydrogen-bond donors (Lipinski definition) is 0. The molecule has 1 saturated heterocycles. The summed E-state index contributed by atoms with van der Waals surface area (Å²) >= 11 is 0. The minimum Gasteiger partial charge on any atom is -0.362 e. The van der Waals surface area contributed by atoms with E-state index in [9.17, 15) is 4.79 Å². The molecule has 0 spiro atoms. The highest BCUT2D eigenvalue weighted by molar-refractivity contribution is 5.74. The first kappa shape index (κ1) is 12.9. The number of hydrogen-bond acceptors (Lipinski definition) is 3. The summed E-state index contributed by atoms with van der Waals surface area (Å²) in [6.07, 6.45) is 5.12. The van der Waals surface area contributed by atoms with Crippen LogP contribution in [0.15, 0.2) is 18.3 Å². The zero-order valence-electron chi connectivity index (χ0n) is 11.4. The van der Waals surface area contributed by atoms with Crippen LogP contribution in [0.2, 0.25) is 0 Å². The molecule has 0 unspecified atom stereocenters. The van der Waals surface area contributed by atoms with Crippen LogP contribution in [0.4, 0.5) is 5.82 Å². The quantitative estimate of drug-likeness (QED) is 0.804. The van der Waals surface area contributed by atoms with E-state index in [4.69, 9.17) is 0 Å². The largest absolute Gasteiger partial charge is 0.362 e. The Labute approximate surface area is 109 Å². The highest BCUT2D eigenvalue weighted by Gasteiger charge is 2.28. The Bertz CT molecular complexity index is 431. The maximum Gasteiger partial charge on any atom is 0.219 e. The van der Waals surface area contributed by atoms with E-state index in [0.717, 1.165) is 30.8 Å². The summed E-state index contributed by atoms with van der Waals surface area (Å²) in [5, 5.41) is 0. The molecule has 4 heteroatoms. The molecule has 0 radical (unpaired) electrons. The molecule has 1 aliphatic heterocycles. The maximum atomic E-state index is 11.8. The van der Waals surface area contributed by atoms with Crippen molar-refractivity contribution >= 4 is 11.7 Å². The molecule has 1 aliphatic rings. The number of carbonyl (C=O) groups is 1. The van der Waals surface area contributed by atoms with E-state index in [1.54, 1.807) is 13.1 Å². The summed E-state index contributed by atoms with van der Waals surface area (Å²) in [7, 11) is 3.99. The van der Waals surface area contributed by atoms with Gasteiger partial charge < -0.3 is 9.80 Å². The molecule has 2 heterocycles. The van der Waals surface area contributed by atoms with Crippen LogP contribution in [-0.4, -0.2) is 36.4 Å². The van der Waals surface area contributed by atoms with E-state index in [-0.39, 0.29) is 11.9 Å². The van der Waals surface area contributed by atoms with Crippen LogP contribution < -0.4 is 4.90 Å². The molecule has 0 N–H and O–H groups in total. The second kappa shape index (κ2) is 5.38. The van der Waals surface area contributed by atoms with Gasteiger partial charge in [-0.1, -0.05) is 6.07 Å². The molecular formula is C14H21N3O. The van der Waals surface area contributed by atoms with Crippen LogP contribution in [0, 0.1) is 0 Å². The lowest BCUT2D eigenvalue weighted by Gasteiger charge is -2.36. The summed E-state index contributed by atoms with van der Waals surface area (Å²) in [6.45, 7) is 2.52. The summed E-state index contributed by atoms with van der Waals surface area (Å²) < 4.78 is 0. The van der Waals surface area contributed by atoms with Crippen LogP contribution in [0.25, 0.3) is 0 Å². The van der Waals surface area contributed by atoms with Crippen LogP contribution in [0.3, 0.4) is 0 Å². The highest BCUT2D eigenvalue weighted by Crippen LogP contribution is 2.34. The third-order valence-corrected chi connectivity index (χ3v) is 3.51. The molecule has 0 bridgehead atoms. The highest BCUT2D eigenvalue weighted by atomic mass is 16.2. The van der Waals surface area contributed by atoms with E-state index in [0.29, 0.717) is 0 Å². The van der Waals surface area contributed by atoms with Crippen LogP contribution in [0.1, 0.15) is 37.8 Å². The molecule has 0 aromatic carbocycles. The fraction of sp³-hybridized carbons (Fsp3) is 0.571. The Kier molecular flexibility index (Phi) is 3.84. The van der Waals surface area contributed by atoms with Gasteiger partial charge in [0.1, 0.15) is 5.82 Å². The number of piperidine rings is 1. The van der Waals surface area contributed by atoms with Crippen molar-refractivity contribution in [1.29, 1.82) is 0 Å². The first-order valence-corrected chi connectivity index (χ1v) is 6.50. The minimum absolute atomic E-state index is 0.160. The molecule has 0 saturated carbocycles. The molecule has 0 aliphatic carbocycles. The lowest BCUT2D eigenvalue weighted by molar-refractivity contribution is -0.132. The van der Waals surface area contributed by atoms with Gasteiger partial charge in [0.2, 0.25) is 5.91 Å². The molecule has 1 aromatic rings. The van der Waals surface area contributed by atoms with Gasteiger partial charge in [-0.2, -0.15) is 0 Å². The minimum atomic E-state index is 0.160. The molecule has 98 valence electrons. The number of pyridine rings is 1. The predicted octanol–water partition coefficient (Wildman–Crippen LogP) is 2.22. The van der Waals surface area contributed by atoms with Gasteiger partial charge in [-0.15, -0.1) is 0 Å². The van der Waals surface area contributed by atoms with Crippen LogP contribution >= 0.6 is 0 Å². The molecule has 1 fully saturated rings. The van der Waals surface area contributed by atoms with Gasteiger partial charge in [0.15, 0.2) is 0 Å². The van der Waals surface area contributed by atoms with Crippen molar-refractivity contribution in [2.45, 2.75) is 32.2 Å². The lowest BCUT2D eigenvalue weighted by atomic mass is 9.95. The molecule has 1 amide bonds. The van der Waals surface area contributed by atoms with Crippen molar-refractivity contribution in [2.24, 2.45) is 0 Å². The van der Waals surface area contributed by atoms with Crippen molar-refractivity contribution in [2.75, 3.05) is 25.5 Å². The van der Waals surface area contributed by atoms with Gasteiger partial charge in [-0.05, 0) is 25.3 Å². The second-order valence-electron chi connectivity index (χ2n) is 5.03. The van der Waals surface area contributed by atoms with Gasteiger partial charge >= 0.3 is 0 Å². The fourth-order valence-corrected chi connectivity index (χ4v) is 2.67. The fourth-order valence-electron chi connectivity index (χ4n) is 2.67. The summed E-state index contributed by atoms with van der Waals surface area (Å²) in [4.78, 5) is 20.2. The Morgan fingerprint density at radius 1 is 1.44 bits per heavy atom. The van der Waals surface area contributed by atoms with E-state index in [2.05, 4.69) is 11.1 Å². The zero-order chi connectivity index (χ0) is 13.1. The topological polar surface area (TPSA) is 36.4 Å². The summed E-state index contributed by atoms with van der Waals surface area (Å²) in [5.41, 5.74) is 1.16. The maximum absolute atomic E-state index is 11.8. The third kappa shape index (κ3) is 2.47. The number of rotatable bonds is 2. The summed E-state index contributed by atoms with van der Waals surface area (Å²) in [6, 6.07) is 4.23. The second-order valence-corrected chi connectivity index (χ2v) is 5.03. The molecular weight excluding hydrogens is 226 g/mol. The normalized spacial score (nSPS) is 19.7. The number of anilines is 1. The first-order valence-electron chi connectivity index (χ1n) is 6.50. The van der Waals surface area contributed by atoms with Gasteiger partial charge in [0, 0.05) is 39.3 Å². The Morgan fingerprint density at radius 2 is 2.22 bits per heavy atom. The van der Waals surface area contributed by atoms with Crippen LogP contribution in [0.5, 0.6) is 0 Å². The number of likely N-dealkylation sites (tertiary alicyclic amines) is 1. The zero-order valence-corrected chi connectivity index (χ0v) is 11.4. The summed E-state index contributed by atoms with van der Waals surface area (Å²) in [5.74, 6) is 1.13. The average Bonchev–Trinajstić information content (AvgIpc) is 2.38. The van der Waals surface area contributed by atoms with Gasteiger partial charge in [0.05, 0.1) is 6.04 Å². The van der Waals surface area contributed by atoms with Crippen molar-refractivity contribution in [3.63, 3.8) is 0 Å². The lowest BCUT2D eigenvalue weighted by Crippen LogP contribution is -2.37. The molecule has 4 nitrogen and oxygen atoms in total. The predicted molar refractivity (Wildman–Crippen MR) is 72.5 cm³/mol. The Hall–Kier alpha value is -1.58. The van der Waals surface area contributed by atoms with Crippen molar-refractivity contribution in [3.8, 4) is 0 Å². The first-order chi connectivity index (χ1) is 8.61. The number of carbonyl (C=O) groups excluding carboxylic acids is 1. The number of aromatic nitrogens is 1. The molecule has 1 atom stereocenters. The number of nitrogens with zero attached hydrogens (tertiary/aromatic N) is 3. The SMILES string of the molecule is CC(=O)N1CCCC[C@@H]1c1cccnc1N(C)C. The third-order valence-electron chi connectivity index (χ3n) is 3.51. The standard InChI is InChI=1S/C14H21N3O/c1-11(18)17-10-5-4-8-13(17)12-7-6-9-15-14(12)16(2)3/h6-7,9,13H,4-5,8,10H2,1-3H3/t13-/m1/s1. The van der Waals surface area contributed by atoms with E-state index in [1.165, 1.54) is 6.42 Å². The average molecular weight is 247 g/mol. The van der Waals surface area contributed by atoms with Crippen molar-refractivity contribution < 1.29 is 4.79 Å². The van der Waals surface area contributed by atoms with E-state index >= 15 is 0 Å². The molecule has 2 rings (SSSR count).